The van der Waals surface area contributed by atoms with E-state index in [0.29, 0.717) is 23.7 Å². The number of allylic oxidation sites excluding steroid dienone is 5. The SMILES string of the molecule is CC[C@H](/C=C1\OC(=O)C2=C[C@@H]3CC[C@@]21[C@H]1C2=C(CC[C@@H]31)C(=CCCCCCCO)OC2=O)CCC(C)C. The Bertz CT molecular complexity index is 1040. The number of hydrogen-bond donors (Lipinski definition) is 1. The van der Waals surface area contributed by atoms with E-state index >= 15 is 0 Å². The summed E-state index contributed by atoms with van der Waals surface area (Å²) in [4.78, 5) is 26.7. The Hall–Kier alpha value is -2.14. The second-order valence-corrected chi connectivity index (χ2v) is 12.3. The molecule has 1 N–H and O–H groups in total. The van der Waals surface area contributed by atoms with E-state index in [2.05, 4.69) is 39.0 Å². The van der Waals surface area contributed by atoms with Crippen molar-refractivity contribution in [3.8, 4) is 0 Å². The molecule has 4 aliphatic carbocycles. The lowest BCUT2D eigenvalue weighted by Gasteiger charge is -2.54. The molecule has 0 amide bonds. The maximum Gasteiger partial charge on any atom is 0.340 e. The zero-order valence-electron chi connectivity index (χ0n) is 22.9. The number of aliphatic hydroxyl groups is 1. The monoisotopic (exact) mass is 508 g/mol. The first-order valence-corrected chi connectivity index (χ1v) is 14.8. The van der Waals surface area contributed by atoms with Crippen LogP contribution in [0.2, 0.25) is 0 Å². The molecule has 0 radical (unpaired) electrons. The zero-order chi connectivity index (χ0) is 26.2. The first-order valence-electron chi connectivity index (χ1n) is 14.8. The van der Waals surface area contributed by atoms with Crippen LogP contribution in [-0.2, 0) is 19.1 Å². The van der Waals surface area contributed by atoms with Gasteiger partial charge in [-0.3, -0.25) is 0 Å². The Labute approximate surface area is 222 Å². The van der Waals surface area contributed by atoms with Crippen molar-refractivity contribution in [3.63, 3.8) is 0 Å². The summed E-state index contributed by atoms with van der Waals surface area (Å²) in [6, 6.07) is 0. The number of rotatable bonds is 11. The molecule has 1 saturated heterocycles. The van der Waals surface area contributed by atoms with Crippen LogP contribution in [0.15, 0.2) is 46.5 Å². The minimum absolute atomic E-state index is 0.0294. The van der Waals surface area contributed by atoms with Crippen LogP contribution in [0.5, 0.6) is 0 Å². The summed E-state index contributed by atoms with van der Waals surface area (Å²) in [5.74, 6) is 2.82. The van der Waals surface area contributed by atoms with Gasteiger partial charge in [0.05, 0.1) is 5.41 Å². The number of unbranched alkanes of at least 4 members (excludes halogenated alkanes) is 4. The summed E-state index contributed by atoms with van der Waals surface area (Å²) in [5.41, 5.74) is 2.20. The lowest BCUT2D eigenvalue weighted by Crippen LogP contribution is -2.50. The van der Waals surface area contributed by atoms with Gasteiger partial charge in [0.1, 0.15) is 11.5 Å². The molecule has 0 aromatic heterocycles. The fraction of sp³-hybridized carbons (Fsp3) is 0.688. The van der Waals surface area contributed by atoms with Gasteiger partial charge >= 0.3 is 11.9 Å². The van der Waals surface area contributed by atoms with Crippen LogP contribution < -0.4 is 0 Å². The molecule has 5 atom stereocenters. The topological polar surface area (TPSA) is 72.8 Å². The Balaban J connectivity index is 1.48. The van der Waals surface area contributed by atoms with Crippen molar-refractivity contribution in [2.24, 2.45) is 35.0 Å². The maximum absolute atomic E-state index is 13.4. The third-order valence-electron chi connectivity index (χ3n) is 9.66. The van der Waals surface area contributed by atoms with Gasteiger partial charge in [0.15, 0.2) is 0 Å². The summed E-state index contributed by atoms with van der Waals surface area (Å²) in [6.07, 6.45) is 18.5. The van der Waals surface area contributed by atoms with Gasteiger partial charge < -0.3 is 14.6 Å². The number of aliphatic hydroxyl groups excluding tert-OH is 1. The molecule has 2 aliphatic heterocycles. The van der Waals surface area contributed by atoms with E-state index in [1.807, 2.05) is 0 Å². The standard InChI is InChI=1S/C32H44O5/c1-4-21(12-11-20(2)3)18-27-32-16-15-22(19-25(32)30(34)37-27)23-13-14-24-26(10-8-6-5-7-9-17-33)36-31(35)28(24)29(23)32/h10,18-23,29,33H,4-9,11-17H2,1-3H3/b26-10?,27-18-/t21-,22-,23-,29+,32+/m0/s1. The van der Waals surface area contributed by atoms with Crippen LogP contribution in [0.25, 0.3) is 0 Å². The lowest BCUT2D eigenvalue weighted by atomic mass is 9.46. The van der Waals surface area contributed by atoms with Gasteiger partial charge in [0, 0.05) is 29.2 Å². The van der Waals surface area contributed by atoms with Crippen molar-refractivity contribution in [2.45, 2.75) is 97.8 Å². The first kappa shape index (κ1) is 26.5. The number of cyclic esters (lactones) is 2. The van der Waals surface area contributed by atoms with Crippen molar-refractivity contribution in [3.05, 3.63) is 46.5 Å². The van der Waals surface area contributed by atoms with E-state index in [9.17, 15) is 9.59 Å². The molecule has 0 unspecified atom stereocenters. The van der Waals surface area contributed by atoms with E-state index in [1.54, 1.807) is 0 Å². The molecule has 6 rings (SSSR count). The lowest BCUT2D eigenvalue weighted by molar-refractivity contribution is -0.135. The second kappa shape index (κ2) is 10.9. The molecule has 5 heteroatoms. The number of hydrogen-bond acceptors (Lipinski definition) is 5. The molecule has 6 aliphatic rings. The van der Waals surface area contributed by atoms with E-state index < -0.39 is 5.41 Å². The van der Waals surface area contributed by atoms with Crippen molar-refractivity contribution in [1.29, 1.82) is 0 Å². The molecule has 5 nitrogen and oxygen atoms in total. The predicted octanol–water partition coefficient (Wildman–Crippen LogP) is 6.93. The van der Waals surface area contributed by atoms with Crippen LogP contribution in [0.1, 0.15) is 97.8 Å². The van der Waals surface area contributed by atoms with Crippen molar-refractivity contribution >= 4 is 11.9 Å². The van der Waals surface area contributed by atoms with Gasteiger partial charge in [-0.05, 0) is 93.6 Å². The highest BCUT2D eigenvalue weighted by atomic mass is 16.5. The van der Waals surface area contributed by atoms with Crippen molar-refractivity contribution in [1.82, 2.24) is 0 Å². The number of carbonyl (C=O) groups is 2. The molecule has 1 spiro atoms. The van der Waals surface area contributed by atoms with Gasteiger partial charge in [0.2, 0.25) is 0 Å². The first-order chi connectivity index (χ1) is 17.9. The quantitative estimate of drug-likeness (QED) is 0.242. The molecule has 0 aromatic carbocycles. The summed E-state index contributed by atoms with van der Waals surface area (Å²) in [6.45, 7) is 6.97. The minimum atomic E-state index is -0.512. The van der Waals surface area contributed by atoms with Gasteiger partial charge in [-0.15, -0.1) is 0 Å². The maximum atomic E-state index is 13.4. The Morgan fingerprint density at radius 2 is 1.89 bits per heavy atom. The fourth-order valence-electron chi connectivity index (χ4n) is 7.71. The molecule has 202 valence electrons. The number of esters is 2. The highest BCUT2D eigenvalue weighted by molar-refractivity contribution is 5.99. The van der Waals surface area contributed by atoms with E-state index in [1.165, 1.54) is 0 Å². The molecule has 37 heavy (non-hydrogen) atoms. The third kappa shape index (κ3) is 4.66. The number of carbonyl (C=O) groups excluding carboxylic acids is 2. The number of ether oxygens (including phenoxy) is 2. The molecule has 2 bridgehead atoms. The third-order valence-corrected chi connectivity index (χ3v) is 9.66. The zero-order valence-corrected chi connectivity index (χ0v) is 22.9. The largest absolute Gasteiger partial charge is 0.427 e. The number of fused-ring (bicyclic) bond motifs is 1. The fourth-order valence-corrected chi connectivity index (χ4v) is 7.71. The minimum Gasteiger partial charge on any atom is -0.427 e. The predicted molar refractivity (Wildman–Crippen MR) is 143 cm³/mol. The molecule has 0 aromatic rings. The molecule has 2 heterocycles. The molecular formula is C32H44O5. The average molecular weight is 509 g/mol. The van der Waals surface area contributed by atoms with Crippen LogP contribution >= 0.6 is 0 Å². The second-order valence-electron chi connectivity index (χ2n) is 12.3. The smallest absolute Gasteiger partial charge is 0.340 e. The van der Waals surface area contributed by atoms with Crippen molar-refractivity contribution < 1.29 is 24.2 Å². The summed E-state index contributed by atoms with van der Waals surface area (Å²) in [7, 11) is 0. The Morgan fingerprint density at radius 1 is 1.08 bits per heavy atom. The van der Waals surface area contributed by atoms with E-state index in [0.717, 1.165) is 105 Å². The molecular weight excluding hydrogens is 464 g/mol. The van der Waals surface area contributed by atoms with Crippen LogP contribution in [0.3, 0.4) is 0 Å². The molecule has 1 saturated carbocycles. The summed E-state index contributed by atoms with van der Waals surface area (Å²) >= 11 is 0. The van der Waals surface area contributed by atoms with E-state index in [-0.39, 0.29) is 24.5 Å². The molecule has 2 fully saturated rings. The summed E-state index contributed by atoms with van der Waals surface area (Å²) in [5, 5.41) is 8.99. The van der Waals surface area contributed by atoms with Gasteiger partial charge in [-0.25, -0.2) is 9.59 Å². The van der Waals surface area contributed by atoms with E-state index in [4.69, 9.17) is 14.6 Å². The van der Waals surface area contributed by atoms with Crippen LogP contribution in [0, 0.1) is 35.0 Å². The Kier molecular flexibility index (Phi) is 7.81. The normalized spacial score (nSPS) is 33.0. The highest BCUT2D eigenvalue weighted by Gasteiger charge is 2.66. The summed E-state index contributed by atoms with van der Waals surface area (Å²) < 4.78 is 12.0. The average Bonchev–Trinajstić information content (AvgIpc) is 3.37. The van der Waals surface area contributed by atoms with Crippen LogP contribution in [0.4, 0.5) is 0 Å². The van der Waals surface area contributed by atoms with Gasteiger partial charge in [0.25, 0.3) is 0 Å². The van der Waals surface area contributed by atoms with Crippen molar-refractivity contribution in [2.75, 3.05) is 6.61 Å². The van der Waals surface area contributed by atoms with Crippen LogP contribution in [-0.4, -0.2) is 23.7 Å². The van der Waals surface area contributed by atoms with Gasteiger partial charge in [-0.1, -0.05) is 46.1 Å². The Morgan fingerprint density at radius 3 is 2.65 bits per heavy atom. The highest BCUT2D eigenvalue weighted by Crippen LogP contribution is 2.68. The van der Waals surface area contributed by atoms with Gasteiger partial charge in [-0.2, -0.15) is 0 Å².